The average Bonchev–Trinajstić information content (AvgIpc) is 3.48. The molecule has 3 aliphatic carbocycles. The van der Waals surface area contributed by atoms with Crippen LogP contribution in [-0.2, 0) is 5.41 Å². The molecule has 7 aliphatic rings. The van der Waals surface area contributed by atoms with E-state index < -0.39 is 5.82 Å². The van der Waals surface area contributed by atoms with E-state index in [2.05, 4.69) is 26.9 Å². The van der Waals surface area contributed by atoms with Crippen LogP contribution in [0.4, 0.5) is 14.6 Å². The minimum Gasteiger partial charge on any atom is -0.508 e. The molecule has 3 aromatic carbocycles. The summed E-state index contributed by atoms with van der Waals surface area (Å²) in [5.41, 5.74) is 0.988. The van der Waals surface area contributed by atoms with Gasteiger partial charge in [-0.05, 0) is 103 Å². The van der Waals surface area contributed by atoms with Gasteiger partial charge in [0.2, 0.25) is 0 Å². The fourth-order valence-electron chi connectivity index (χ4n) is 10.1. The molecule has 49 heavy (non-hydrogen) atoms. The Morgan fingerprint density at radius 3 is 2.47 bits per heavy atom. The maximum absolute atomic E-state index is 17.3. The van der Waals surface area contributed by atoms with Crippen molar-refractivity contribution < 1.29 is 18.6 Å². The molecule has 4 aromatic rings. The number of benzene rings is 3. The summed E-state index contributed by atoms with van der Waals surface area (Å²) in [5, 5.41) is 16.5. The van der Waals surface area contributed by atoms with Crippen LogP contribution in [0.25, 0.3) is 32.8 Å². The lowest BCUT2D eigenvalue weighted by Gasteiger charge is -2.62. The van der Waals surface area contributed by atoms with Crippen LogP contribution < -0.4 is 15.0 Å². The molecule has 11 heteroatoms. The highest BCUT2D eigenvalue weighted by Crippen LogP contribution is 2.67. The normalized spacial score (nSPS) is 30.2. The summed E-state index contributed by atoms with van der Waals surface area (Å²) in [4.78, 5) is 14.5. The topological polar surface area (TPSA) is 73.8 Å². The number of piperazine rings is 1. The lowest BCUT2D eigenvalue weighted by Crippen LogP contribution is -2.55. The van der Waals surface area contributed by atoms with Gasteiger partial charge in [-0.25, -0.2) is 8.78 Å². The standard InChI is InChI=1S/C38H40ClF2N5O2S/c39-29-12-28-35(34(41)32(29)27-11-26(47)10-21-2-7-30(40)33(31(21)27)38-13-20(14-38)15-38)43-37(44-36(28)45-16-22-3-4-23(17-45)42-22)48-9-1-8-46-24-5-6-25(46)19-49-18-24/h2,7,10-12,20,22-25,42,47H,1,3-6,8-9,13-19H2. The molecule has 7 nitrogen and oxygen atoms in total. The van der Waals surface area contributed by atoms with Crippen molar-refractivity contribution in [2.45, 2.75) is 80.9 Å². The SMILES string of the molecule is Oc1cc(-c2c(Cl)cc3c(N4CC5CCC(C4)N5)nc(OCCCN4C5CCC4CSC5)nc3c2F)c2c(C34CC(C3)C4)c(F)ccc2c1. The summed E-state index contributed by atoms with van der Waals surface area (Å²) < 4.78 is 39.3. The van der Waals surface area contributed by atoms with E-state index in [9.17, 15) is 5.11 Å². The summed E-state index contributed by atoms with van der Waals surface area (Å²) >= 11 is 9.11. The number of phenolic OH excluding ortho intramolecular Hbond substituents is 1. The lowest BCUT2D eigenvalue weighted by atomic mass is 9.42. The number of nitrogens with zero attached hydrogens (tertiary/aromatic N) is 4. The molecule has 1 aromatic heterocycles. The number of aromatic nitrogens is 2. The van der Waals surface area contributed by atoms with Gasteiger partial charge in [-0.15, -0.1) is 0 Å². The van der Waals surface area contributed by atoms with Crippen LogP contribution in [0, 0.1) is 17.6 Å². The van der Waals surface area contributed by atoms with E-state index in [0.29, 0.717) is 69.8 Å². The van der Waals surface area contributed by atoms with Crippen LogP contribution in [0.3, 0.4) is 0 Å². The Morgan fingerprint density at radius 2 is 1.76 bits per heavy atom. The molecule has 4 unspecified atom stereocenters. The Labute approximate surface area is 293 Å². The second-order valence-corrected chi connectivity index (χ2v) is 16.9. The minimum atomic E-state index is -0.615. The molecule has 4 aliphatic heterocycles. The lowest BCUT2D eigenvalue weighted by molar-refractivity contribution is -0.0287. The van der Waals surface area contributed by atoms with Gasteiger partial charge in [0.1, 0.15) is 22.9 Å². The zero-order valence-corrected chi connectivity index (χ0v) is 28.9. The fourth-order valence-corrected chi connectivity index (χ4v) is 11.8. The molecule has 4 atom stereocenters. The number of anilines is 1. The number of ether oxygens (including phenoxy) is 1. The largest absolute Gasteiger partial charge is 0.508 e. The van der Waals surface area contributed by atoms with Gasteiger partial charge in [-0.3, -0.25) is 4.90 Å². The highest BCUT2D eigenvalue weighted by atomic mass is 35.5. The molecule has 6 bridgehead atoms. The molecule has 0 spiro atoms. The number of phenols is 1. The Bertz CT molecular complexity index is 1970. The van der Waals surface area contributed by atoms with Crippen molar-refractivity contribution in [1.82, 2.24) is 20.2 Å². The van der Waals surface area contributed by atoms with Crippen molar-refractivity contribution in [3.63, 3.8) is 0 Å². The molecular weight excluding hydrogens is 664 g/mol. The maximum Gasteiger partial charge on any atom is 0.319 e. The van der Waals surface area contributed by atoms with Gasteiger partial charge < -0.3 is 20.1 Å². The number of rotatable bonds is 8. The number of hydrogen-bond acceptors (Lipinski definition) is 8. The third-order valence-electron chi connectivity index (χ3n) is 12.4. The van der Waals surface area contributed by atoms with Crippen molar-refractivity contribution >= 4 is 50.9 Å². The van der Waals surface area contributed by atoms with Crippen molar-refractivity contribution in [2.24, 2.45) is 5.92 Å². The van der Waals surface area contributed by atoms with Gasteiger partial charge in [0, 0.05) is 71.8 Å². The fraction of sp³-hybridized carbons (Fsp3) is 0.526. The number of thioether (sulfide) groups is 1. The molecule has 2 N–H and O–H groups in total. The summed E-state index contributed by atoms with van der Waals surface area (Å²) in [7, 11) is 0. The van der Waals surface area contributed by atoms with Crippen molar-refractivity contribution in [2.75, 3.05) is 42.6 Å². The Hall–Kier alpha value is -2.92. The molecule has 0 amide bonds. The smallest absolute Gasteiger partial charge is 0.319 e. The van der Waals surface area contributed by atoms with Crippen molar-refractivity contribution in [1.29, 1.82) is 0 Å². The zero-order valence-electron chi connectivity index (χ0n) is 27.4. The third kappa shape index (κ3) is 4.94. The van der Waals surface area contributed by atoms with E-state index in [0.717, 1.165) is 58.2 Å². The number of halogens is 3. The van der Waals surface area contributed by atoms with Gasteiger partial charge in [0.25, 0.3) is 0 Å². The number of hydrogen-bond donors (Lipinski definition) is 2. The molecule has 5 heterocycles. The van der Waals surface area contributed by atoms with E-state index >= 15 is 8.78 Å². The predicted molar refractivity (Wildman–Crippen MR) is 191 cm³/mol. The number of fused-ring (bicyclic) bond motifs is 6. The summed E-state index contributed by atoms with van der Waals surface area (Å²) in [6, 6.07) is 10.2. The van der Waals surface area contributed by atoms with Crippen LogP contribution in [0.2, 0.25) is 5.02 Å². The van der Waals surface area contributed by atoms with E-state index in [4.69, 9.17) is 26.3 Å². The second-order valence-electron chi connectivity index (χ2n) is 15.5. The first-order valence-electron chi connectivity index (χ1n) is 18.0. The molecule has 7 fully saturated rings. The molecule has 11 rings (SSSR count). The second kappa shape index (κ2) is 11.6. The van der Waals surface area contributed by atoms with Gasteiger partial charge in [0.05, 0.1) is 11.6 Å². The van der Waals surface area contributed by atoms with Gasteiger partial charge >= 0.3 is 6.01 Å². The maximum atomic E-state index is 17.3. The van der Waals surface area contributed by atoms with Crippen LogP contribution in [0.5, 0.6) is 11.8 Å². The van der Waals surface area contributed by atoms with Gasteiger partial charge in [0.15, 0.2) is 5.82 Å². The Balaban J connectivity index is 1.07. The van der Waals surface area contributed by atoms with Gasteiger partial charge in [-0.1, -0.05) is 17.7 Å². The Morgan fingerprint density at radius 1 is 1.00 bits per heavy atom. The highest BCUT2D eigenvalue weighted by Gasteiger charge is 2.59. The molecular formula is C38H40ClF2N5O2S. The molecule has 3 saturated carbocycles. The van der Waals surface area contributed by atoms with E-state index in [-0.39, 0.29) is 39.1 Å². The van der Waals surface area contributed by atoms with Crippen molar-refractivity contribution in [3.05, 3.63) is 52.6 Å². The quantitative estimate of drug-likeness (QED) is 0.184. The van der Waals surface area contributed by atoms with Crippen LogP contribution in [0.15, 0.2) is 30.3 Å². The average molecular weight is 704 g/mol. The molecule has 4 saturated heterocycles. The molecule has 256 valence electrons. The highest BCUT2D eigenvalue weighted by molar-refractivity contribution is 7.99. The molecule has 0 radical (unpaired) electrons. The summed E-state index contributed by atoms with van der Waals surface area (Å²) in [5.74, 6) is 2.72. The van der Waals surface area contributed by atoms with Crippen LogP contribution in [0.1, 0.15) is 56.9 Å². The Kier molecular flexibility index (Phi) is 7.28. The first-order valence-corrected chi connectivity index (χ1v) is 19.5. The third-order valence-corrected chi connectivity index (χ3v) is 14.0. The minimum absolute atomic E-state index is 0.0300. The van der Waals surface area contributed by atoms with E-state index in [1.54, 1.807) is 18.2 Å². The zero-order chi connectivity index (χ0) is 33.0. The van der Waals surface area contributed by atoms with Crippen LogP contribution >= 0.6 is 23.4 Å². The van der Waals surface area contributed by atoms with Crippen molar-refractivity contribution in [3.8, 4) is 22.9 Å². The van der Waals surface area contributed by atoms with E-state index in [1.165, 1.54) is 36.5 Å². The number of aromatic hydroxyl groups is 1. The first kappa shape index (κ1) is 30.9. The summed E-state index contributed by atoms with van der Waals surface area (Å²) in [6.07, 6.45) is 8.36. The van der Waals surface area contributed by atoms with Gasteiger partial charge in [-0.2, -0.15) is 21.7 Å². The van der Waals surface area contributed by atoms with Crippen LogP contribution in [-0.4, -0.2) is 81.9 Å². The number of nitrogens with one attached hydrogen (secondary N) is 1. The predicted octanol–water partition coefficient (Wildman–Crippen LogP) is 7.43. The first-order chi connectivity index (χ1) is 23.8. The van der Waals surface area contributed by atoms with E-state index in [1.807, 2.05) is 0 Å². The summed E-state index contributed by atoms with van der Waals surface area (Å²) in [6.45, 7) is 2.91. The monoisotopic (exact) mass is 703 g/mol.